The molecular weight excluding hydrogens is 246 g/mol. The molecule has 5 nitrogen and oxygen atoms in total. The fourth-order valence-electron chi connectivity index (χ4n) is 1.78. The van der Waals surface area contributed by atoms with Crippen LogP contribution < -0.4 is 10.1 Å². The van der Waals surface area contributed by atoms with Gasteiger partial charge in [-0.2, -0.15) is 0 Å². The molecule has 5 heteroatoms. The van der Waals surface area contributed by atoms with Crippen molar-refractivity contribution in [2.75, 3.05) is 12.4 Å². The van der Waals surface area contributed by atoms with Crippen molar-refractivity contribution in [2.24, 2.45) is 0 Å². The van der Waals surface area contributed by atoms with Crippen molar-refractivity contribution in [3.05, 3.63) is 36.1 Å². The third-order valence-electron chi connectivity index (χ3n) is 2.60. The zero-order valence-electron chi connectivity index (χ0n) is 10.8. The van der Waals surface area contributed by atoms with Gasteiger partial charge in [0.2, 0.25) is 5.91 Å². The molecule has 19 heavy (non-hydrogen) atoms. The van der Waals surface area contributed by atoms with Gasteiger partial charge in [0.25, 0.3) is 0 Å². The second-order valence-electron chi connectivity index (χ2n) is 4.02. The Bertz CT molecular complexity index is 589. The number of furan rings is 1. The van der Waals surface area contributed by atoms with Gasteiger partial charge in [-0.15, -0.1) is 0 Å². The van der Waals surface area contributed by atoms with Crippen LogP contribution >= 0.6 is 0 Å². The van der Waals surface area contributed by atoms with Crippen LogP contribution in [-0.2, 0) is 11.4 Å². The van der Waals surface area contributed by atoms with Crippen molar-refractivity contribution >= 4 is 11.6 Å². The summed E-state index contributed by atoms with van der Waals surface area (Å²) in [5.74, 6) is 1.54. The molecule has 100 valence electrons. The van der Waals surface area contributed by atoms with E-state index in [2.05, 4.69) is 5.32 Å². The average molecular weight is 261 g/mol. The van der Waals surface area contributed by atoms with Crippen LogP contribution in [0, 0.1) is 0 Å². The first-order valence-electron chi connectivity index (χ1n) is 5.79. The summed E-state index contributed by atoms with van der Waals surface area (Å²) >= 11 is 0. The Balaban J connectivity index is 2.37. The third kappa shape index (κ3) is 2.95. The minimum absolute atomic E-state index is 0.143. The van der Waals surface area contributed by atoms with Crippen LogP contribution in [0.15, 0.2) is 34.7 Å². The standard InChI is InChI=1S/C14H15NO4/c1-9(17)15-10-3-5-12(14(7-10)18-2)13-6-4-11(8-16)19-13/h3-7,16H,8H2,1-2H3,(H,15,17). The number of anilines is 1. The molecule has 2 N–H and O–H groups in total. The van der Waals surface area contributed by atoms with Crippen molar-refractivity contribution in [3.63, 3.8) is 0 Å². The lowest BCUT2D eigenvalue weighted by Gasteiger charge is -2.09. The molecule has 0 aliphatic heterocycles. The highest BCUT2D eigenvalue weighted by molar-refractivity contribution is 5.89. The highest BCUT2D eigenvalue weighted by atomic mass is 16.5. The number of ether oxygens (including phenoxy) is 1. The molecule has 0 radical (unpaired) electrons. The van der Waals surface area contributed by atoms with Crippen LogP contribution in [0.2, 0.25) is 0 Å². The Hall–Kier alpha value is -2.27. The first-order chi connectivity index (χ1) is 9.13. The zero-order valence-corrected chi connectivity index (χ0v) is 10.8. The molecule has 0 saturated carbocycles. The molecule has 0 bridgehead atoms. The number of nitrogens with one attached hydrogen (secondary N) is 1. The number of aliphatic hydroxyl groups is 1. The summed E-state index contributed by atoms with van der Waals surface area (Å²) in [6.07, 6.45) is 0. The lowest BCUT2D eigenvalue weighted by atomic mass is 10.1. The molecular formula is C14H15NO4. The van der Waals surface area contributed by atoms with Gasteiger partial charge in [0.15, 0.2) is 0 Å². The van der Waals surface area contributed by atoms with Gasteiger partial charge in [-0.1, -0.05) is 0 Å². The predicted octanol–water partition coefficient (Wildman–Crippen LogP) is 2.41. The van der Waals surface area contributed by atoms with Gasteiger partial charge < -0.3 is 19.6 Å². The van der Waals surface area contributed by atoms with Crippen LogP contribution in [0.25, 0.3) is 11.3 Å². The van der Waals surface area contributed by atoms with E-state index in [1.54, 1.807) is 37.4 Å². The zero-order chi connectivity index (χ0) is 13.8. The van der Waals surface area contributed by atoms with Crippen molar-refractivity contribution in [1.82, 2.24) is 0 Å². The molecule has 0 spiro atoms. The monoisotopic (exact) mass is 261 g/mol. The molecule has 0 fully saturated rings. The van der Waals surface area contributed by atoms with Gasteiger partial charge in [0, 0.05) is 18.7 Å². The quantitative estimate of drug-likeness (QED) is 0.886. The van der Waals surface area contributed by atoms with E-state index in [0.717, 1.165) is 5.56 Å². The van der Waals surface area contributed by atoms with E-state index >= 15 is 0 Å². The molecule has 1 aromatic heterocycles. The van der Waals surface area contributed by atoms with Gasteiger partial charge in [-0.25, -0.2) is 0 Å². The summed E-state index contributed by atoms with van der Waals surface area (Å²) in [5.41, 5.74) is 1.42. The van der Waals surface area contributed by atoms with E-state index in [-0.39, 0.29) is 12.5 Å². The molecule has 0 saturated heterocycles. The molecule has 1 amide bonds. The van der Waals surface area contributed by atoms with E-state index in [0.29, 0.717) is 23.0 Å². The molecule has 2 aromatic rings. The minimum atomic E-state index is -0.147. The number of aliphatic hydroxyl groups excluding tert-OH is 1. The number of hydrogen-bond donors (Lipinski definition) is 2. The summed E-state index contributed by atoms with van der Waals surface area (Å²) < 4.78 is 10.8. The van der Waals surface area contributed by atoms with Crippen LogP contribution in [0.4, 0.5) is 5.69 Å². The summed E-state index contributed by atoms with van der Waals surface area (Å²) in [7, 11) is 1.55. The molecule has 1 aromatic carbocycles. The molecule has 0 unspecified atom stereocenters. The SMILES string of the molecule is COc1cc(NC(C)=O)ccc1-c1ccc(CO)o1. The second kappa shape index (κ2) is 5.58. The third-order valence-corrected chi connectivity index (χ3v) is 2.60. The van der Waals surface area contributed by atoms with Crippen LogP contribution in [-0.4, -0.2) is 18.1 Å². The maximum absolute atomic E-state index is 11.0. The smallest absolute Gasteiger partial charge is 0.221 e. The molecule has 2 rings (SSSR count). The van der Waals surface area contributed by atoms with Gasteiger partial charge in [0.05, 0.1) is 12.7 Å². The number of benzene rings is 1. The van der Waals surface area contributed by atoms with E-state index in [1.165, 1.54) is 6.92 Å². The Morgan fingerprint density at radius 2 is 2.16 bits per heavy atom. The van der Waals surface area contributed by atoms with Gasteiger partial charge >= 0.3 is 0 Å². The molecule has 0 atom stereocenters. The number of carbonyl (C=O) groups excluding carboxylic acids is 1. The van der Waals surface area contributed by atoms with Gasteiger partial charge in [0.1, 0.15) is 23.9 Å². The minimum Gasteiger partial charge on any atom is -0.496 e. The lowest BCUT2D eigenvalue weighted by molar-refractivity contribution is -0.114. The van der Waals surface area contributed by atoms with Crippen molar-refractivity contribution in [1.29, 1.82) is 0 Å². The summed E-state index contributed by atoms with van der Waals surface area (Å²) in [4.78, 5) is 11.0. The topological polar surface area (TPSA) is 71.7 Å². The second-order valence-corrected chi connectivity index (χ2v) is 4.02. The first kappa shape index (κ1) is 13.2. The highest BCUT2D eigenvalue weighted by Crippen LogP contribution is 2.33. The Labute approximate surface area is 110 Å². The van der Waals surface area contributed by atoms with E-state index in [9.17, 15) is 4.79 Å². The number of methoxy groups -OCH3 is 1. The summed E-state index contributed by atoms with van der Waals surface area (Å²) in [6, 6.07) is 8.75. The van der Waals surface area contributed by atoms with E-state index < -0.39 is 0 Å². The van der Waals surface area contributed by atoms with Crippen molar-refractivity contribution in [3.8, 4) is 17.1 Å². The van der Waals surface area contributed by atoms with E-state index in [4.69, 9.17) is 14.3 Å². The van der Waals surface area contributed by atoms with Crippen molar-refractivity contribution < 1.29 is 19.1 Å². The largest absolute Gasteiger partial charge is 0.496 e. The molecule has 0 aliphatic rings. The fourth-order valence-corrected chi connectivity index (χ4v) is 1.78. The van der Waals surface area contributed by atoms with E-state index in [1.807, 2.05) is 0 Å². The molecule has 1 heterocycles. The summed E-state index contributed by atoms with van der Waals surface area (Å²) in [5, 5.41) is 11.7. The number of carbonyl (C=O) groups is 1. The summed E-state index contributed by atoms with van der Waals surface area (Å²) in [6.45, 7) is 1.30. The van der Waals surface area contributed by atoms with Crippen LogP contribution in [0.3, 0.4) is 0 Å². The first-order valence-corrected chi connectivity index (χ1v) is 5.79. The maximum atomic E-state index is 11.0. The average Bonchev–Trinajstić information content (AvgIpc) is 2.86. The maximum Gasteiger partial charge on any atom is 0.221 e. The number of amides is 1. The van der Waals surface area contributed by atoms with Gasteiger partial charge in [-0.3, -0.25) is 4.79 Å². The number of hydrogen-bond acceptors (Lipinski definition) is 4. The Kier molecular flexibility index (Phi) is 3.87. The predicted molar refractivity (Wildman–Crippen MR) is 70.9 cm³/mol. The normalized spacial score (nSPS) is 10.3. The Morgan fingerprint density at radius 1 is 1.37 bits per heavy atom. The van der Waals surface area contributed by atoms with Crippen LogP contribution in [0.1, 0.15) is 12.7 Å². The number of rotatable bonds is 4. The Morgan fingerprint density at radius 3 is 2.74 bits per heavy atom. The lowest BCUT2D eigenvalue weighted by Crippen LogP contribution is -2.05. The van der Waals surface area contributed by atoms with Gasteiger partial charge in [-0.05, 0) is 24.3 Å². The molecule has 0 aliphatic carbocycles. The van der Waals surface area contributed by atoms with Crippen LogP contribution in [0.5, 0.6) is 5.75 Å². The highest BCUT2D eigenvalue weighted by Gasteiger charge is 2.11. The fraction of sp³-hybridized carbons (Fsp3) is 0.214. The van der Waals surface area contributed by atoms with Crippen molar-refractivity contribution in [2.45, 2.75) is 13.5 Å².